The van der Waals surface area contributed by atoms with Crippen molar-refractivity contribution in [2.75, 3.05) is 31.6 Å². The first-order valence-corrected chi connectivity index (χ1v) is 6.61. The molecule has 1 aromatic carbocycles. The molecule has 1 saturated heterocycles. The first kappa shape index (κ1) is 12.9. The van der Waals surface area contributed by atoms with Gasteiger partial charge in [-0.15, -0.1) is 0 Å². The number of ether oxygens (including phenoxy) is 2. The normalized spacial score (nSPS) is 21.8. The van der Waals surface area contributed by atoms with Crippen molar-refractivity contribution < 1.29 is 19.1 Å². The molecule has 2 heterocycles. The maximum absolute atomic E-state index is 12.4. The summed E-state index contributed by atoms with van der Waals surface area (Å²) in [5.74, 6) is 0.318. The fraction of sp³-hybridized carbons (Fsp3) is 0.429. The summed E-state index contributed by atoms with van der Waals surface area (Å²) in [6, 6.07) is 5.08. The Morgan fingerprint density at radius 1 is 1.45 bits per heavy atom. The molecule has 1 fully saturated rings. The highest BCUT2D eigenvalue weighted by molar-refractivity contribution is 5.99. The average Bonchev–Trinajstić information content (AvgIpc) is 2.46. The van der Waals surface area contributed by atoms with Crippen molar-refractivity contribution in [3.63, 3.8) is 0 Å². The van der Waals surface area contributed by atoms with Crippen LogP contribution in [0.1, 0.15) is 17.3 Å². The molecule has 0 aliphatic carbocycles. The maximum atomic E-state index is 12.4. The minimum atomic E-state index is -0.182. The molecule has 0 bridgehead atoms. The Morgan fingerprint density at radius 3 is 3.10 bits per heavy atom. The van der Waals surface area contributed by atoms with Crippen LogP contribution in [-0.2, 0) is 9.53 Å². The number of morpholine rings is 1. The van der Waals surface area contributed by atoms with Crippen molar-refractivity contribution in [1.82, 2.24) is 4.90 Å². The van der Waals surface area contributed by atoms with E-state index in [1.54, 1.807) is 23.1 Å². The maximum Gasteiger partial charge on any atom is 0.262 e. The van der Waals surface area contributed by atoms with E-state index in [-0.39, 0.29) is 24.5 Å². The van der Waals surface area contributed by atoms with E-state index in [1.807, 2.05) is 6.92 Å². The molecule has 0 aromatic heterocycles. The third-order valence-electron chi connectivity index (χ3n) is 3.39. The number of benzene rings is 1. The zero-order valence-electron chi connectivity index (χ0n) is 11.2. The Kier molecular flexibility index (Phi) is 3.31. The van der Waals surface area contributed by atoms with Crippen LogP contribution in [0.2, 0.25) is 0 Å². The van der Waals surface area contributed by atoms with Gasteiger partial charge in [-0.3, -0.25) is 9.59 Å². The number of nitrogens with one attached hydrogen (secondary N) is 1. The van der Waals surface area contributed by atoms with Crippen LogP contribution in [0.25, 0.3) is 0 Å². The van der Waals surface area contributed by atoms with Gasteiger partial charge in [-0.1, -0.05) is 0 Å². The van der Waals surface area contributed by atoms with Crippen molar-refractivity contribution in [3.05, 3.63) is 23.8 Å². The Labute approximate surface area is 116 Å². The summed E-state index contributed by atoms with van der Waals surface area (Å²) in [6.07, 6.45) is 0.0564. The Bertz CT molecular complexity index is 558. The minimum Gasteiger partial charge on any atom is -0.482 e. The lowest BCUT2D eigenvalue weighted by Crippen LogP contribution is -2.44. The van der Waals surface area contributed by atoms with Gasteiger partial charge in [-0.25, -0.2) is 0 Å². The molecule has 1 aromatic rings. The molecule has 0 spiro atoms. The van der Waals surface area contributed by atoms with Crippen LogP contribution >= 0.6 is 0 Å². The fourth-order valence-electron chi connectivity index (χ4n) is 2.39. The Hall–Kier alpha value is -2.08. The third-order valence-corrected chi connectivity index (χ3v) is 3.39. The smallest absolute Gasteiger partial charge is 0.262 e. The van der Waals surface area contributed by atoms with Gasteiger partial charge in [0.05, 0.1) is 18.4 Å². The van der Waals surface area contributed by atoms with Gasteiger partial charge < -0.3 is 19.7 Å². The monoisotopic (exact) mass is 276 g/mol. The molecule has 2 aliphatic heterocycles. The van der Waals surface area contributed by atoms with Crippen LogP contribution in [-0.4, -0.2) is 49.1 Å². The molecule has 6 heteroatoms. The standard InChI is InChI=1S/C14H16N2O4/c1-9-7-16(4-5-19-9)14(18)10-2-3-11-12(6-10)20-8-13(17)15-11/h2-3,6,9H,4-5,7-8H2,1H3,(H,15,17)/t9-/m1/s1. The zero-order valence-corrected chi connectivity index (χ0v) is 11.2. The number of hydrogen-bond acceptors (Lipinski definition) is 4. The molecule has 0 radical (unpaired) electrons. The highest BCUT2D eigenvalue weighted by Crippen LogP contribution is 2.29. The SMILES string of the molecule is C[C@@H]1CN(C(=O)c2ccc3c(c2)OCC(=O)N3)CCO1. The molecule has 106 valence electrons. The highest BCUT2D eigenvalue weighted by Gasteiger charge is 2.24. The molecular weight excluding hydrogens is 260 g/mol. The number of rotatable bonds is 1. The number of fused-ring (bicyclic) bond motifs is 1. The molecule has 20 heavy (non-hydrogen) atoms. The predicted octanol–water partition coefficient (Wildman–Crippen LogP) is 0.878. The van der Waals surface area contributed by atoms with Gasteiger partial charge in [0.25, 0.3) is 11.8 Å². The van der Waals surface area contributed by atoms with Crippen LogP contribution in [0.15, 0.2) is 18.2 Å². The van der Waals surface area contributed by atoms with Crippen molar-refractivity contribution in [1.29, 1.82) is 0 Å². The number of hydrogen-bond donors (Lipinski definition) is 1. The second-order valence-corrected chi connectivity index (χ2v) is 4.98. The lowest BCUT2D eigenvalue weighted by atomic mass is 10.1. The van der Waals surface area contributed by atoms with Crippen LogP contribution in [0.4, 0.5) is 5.69 Å². The van der Waals surface area contributed by atoms with E-state index < -0.39 is 0 Å². The summed E-state index contributed by atoms with van der Waals surface area (Å²) in [5, 5.41) is 2.70. The zero-order chi connectivity index (χ0) is 14.1. The lowest BCUT2D eigenvalue weighted by molar-refractivity contribution is -0.118. The number of nitrogens with zero attached hydrogens (tertiary/aromatic N) is 1. The number of carbonyl (C=O) groups excluding carboxylic acids is 2. The molecule has 2 aliphatic rings. The summed E-state index contributed by atoms with van der Waals surface area (Å²) < 4.78 is 10.8. The van der Waals surface area contributed by atoms with Crippen molar-refractivity contribution in [2.24, 2.45) is 0 Å². The van der Waals surface area contributed by atoms with E-state index in [4.69, 9.17) is 9.47 Å². The highest BCUT2D eigenvalue weighted by atomic mass is 16.5. The molecule has 6 nitrogen and oxygen atoms in total. The van der Waals surface area contributed by atoms with Gasteiger partial charge in [0.1, 0.15) is 5.75 Å². The van der Waals surface area contributed by atoms with Crippen molar-refractivity contribution in [2.45, 2.75) is 13.0 Å². The van der Waals surface area contributed by atoms with E-state index in [0.717, 1.165) is 0 Å². The molecule has 1 N–H and O–H groups in total. The Balaban J connectivity index is 1.80. The van der Waals surface area contributed by atoms with E-state index in [2.05, 4.69) is 5.32 Å². The summed E-state index contributed by atoms with van der Waals surface area (Å²) in [4.78, 5) is 25.4. The topological polar surface area (TPSA) is 67.9 Å². The van der Waals surface area contributed by atoms with Crippen LogP contribution in [0.5, 0.6) is 5.75 Å². The van der Waals surface area contributed by atoms with Gasteiger partial charge in [0, 0.05) is 18.7 Å². The van der Waals surface area contributed by atoms with Crippen molar-refractivity contribution >= 4 is 17.5 Å². The average molecular weight is 276 g/mol. The van der Waals surface area contributed by atoms with Gasteiger partial charge >= 0.3 is 0 Å². The van der Waals surface area contributed by atoms with Gasteiger partial charge in [0.15, 0.2) is 6.61 Å². The first-order valence-electron chi connectivity index (χ1n) is 6.61. The molecule has 0 saturated carbocycles. The second kappa shape index (κ2) is 5.13. The Morgan fingerprint density at radius 2 is 2.30 bits per heavy atom. The molecular formula is C14H16N2O4. The van der Waals surface area contributed by atoms with E-state index >= 15 is 0 Å². The summed E-state index contributed by atoms with van der Waals surface area (Å²) in [6.45, 7) is 3.68. The first-order chi connectivity index (χ1) is 9.63. The van der Waals surface area contributed by atoms with Crippen LogP contribution in [0.3, 0.4) is 0 Å². The number of amides is 2. The molecule has 1 atom stereocenters. The molecule has 3 rings (SSSR count). The van der Waals surface area contributed by atoms with Crippen LogP contribution in [0, 0.1) is 0 Å². The number of anilines is 1. The molecule has 0 unspecified atom stereocenters. The van der Waals surface area contributed by atoms with E-state index in [9.17, 15) is 9.59 Å². The fourth-order valence-corrected chi connectivity index (χ4v) is 2.39. The largest absolute Gasteiger partial charge is 0.482 e. The van der Waals surface area contributed by atoms with E-state index in [0.29, 0.717) is 36.7 Å². The summed E-state index contributed by atoms with van der Waals surface area (Å²) in [7, 11) is 0. The van der Waals surface area contributed by atoms with Gasteiger partial charge in [-0.2, -0.15) is 0 Å². The second-order valence-electron chi connectivity index (χ2n) is 4.98. The number of carbonyl (C=O) groups is 2. The minimum absolute atomic E-state index is 0.0147. The molecule has 2 amide bonds. The van der Waals surface area contributed by atoms with Crippen molar-refractivity contribution in [3.8, 4) is 5.75 Å². The van der Waals surface area contributed by atoms with Gasteiger partial charge in [0.2, 0.25) is 0 Å². The summed E-state index contributed by atoms with van der Waals surface area (Å²) >= 11 is 0. The van der Waals surface area contributed by atoms with E-state index in [1.165, 1.54) is 0 Å². The lowest BCUT2D eigenvalue weighted by Gasteiger charge is -2.31. The predicted molar refractivity (Wildman–Crippen MR) is 71.9 cm³/mol. The summed E-state index contributed by atoms with van der Waals surface area (Å²) in [5.41, 5.74) is 1.17. The van der Waals surface area contributed by atoms with Crippen LogP contribution < -0.4 is 10.1 Å². The third kappa shape index (κ3) is 2.46. The van der Waals surface area contributed by atoms with Gasteiger partial charge in [-0.05, 0) is 25.1 Å². The quantitative estimate of drug-likeness (QED) is 0.826.